The monoisotopic (exact) mass is 444 g/mol. The summed E-state index contributed by atoms with van der Waals surface area (Å²) in [5.41, 5.74) is 2.68. The molecule has 0 aliphatic carbocycles. The summed E-state index contributed by atoms with van der Waals surface area (Å²) in [6.45, 7) is 3.53. The number of benzene rings is 1. The number of pyridine rings is 1. The number of piperazine rings is 1. The van der Waals surface area contributed by atoms with Crippen molar-refractivity contribution in [3.05, 3.63) is 59.5 Å². The standard InChI is InChI=1S/C21H22F2N6O3/c1-13-18(29(27-26-13)15-4-2-14(3-5-15)20(22)23)12-32-19-7-6-16(10-25-19)28-9-8-24-17(11-28)21(30)31/h2-7,10,17,20,24H,8-9,11-12H2,1H3,(H,30,31)/t17-/m0/s1. The van der Waals surface area contributed by atoms with Crippen molar-refractivity contribution >= 4 is 11.7 Å². The highest BCUT2D eigenvalue weighted by Gasteiger charge is 2.25. The van der Waals surface area contributed by atoms with Crippen molar-refractivity contribution in [2.45, 2.75) is 26.0 Å². The first-order chi connectivity index (χ1) is 15.4. The van der Waals surface area contributed by atoms with Crippen LogP contribution in [0, 0.1) is 6.92 Å². The molecule has 4 rings (SSSR count). The van der Waals surface area contributed by atoms with Gasteiger partial charge in [-0.1, -0.05) is 17.3 Å². The zero-order valence-corrected chi connectivity index (χ0v) is 17.3. The molecule has 1 fully saturated rings. The van der Waals surface area contributed by atoms with Crippen molar-refractivity contribution < 1.29 is 23.4 Å². The van der Waals surface area contributed by atoms with Crippen LogP contribution in [0.1, 0.15) is 23.4 Å². The van der Waals surface area contributed by atoms with Crippen molar-refractivity contribution in [1.82, 2.24) is 25.3 Å². The lowest BCUT2D eigenvalue weighted by Gasteiger charge is -2.33. The number of carbonyl (C=O) groups is 1. The zero-order chi connectivity index (χ0) is 22.7. The SMILES string of the molecule is Cc1nnn(-c2ccc(C(F)F)cc2)c1COc1ccc(N2CCN[C@H](C(=O)O)C2)cn1. The van der Waals surface area contributed by atoms with Crippen molar-refractivity contribution in [2.24, 2.45) is 0 Å². The molecule has 1 atom stereocenters. The van der Waals surface area contributed by atoms with Crippen LogP contribution >= 0.6 is 0 Å². The number of alkyl halides is 2. The highest BCUT2D eigenvalue weighted by molar-refractivity contribution is 5.75. The molecule has 2 aromatic heterocycles. The van der Waals surface area contributed by atoms with E-state index >= 15 is 0 Å². The van der Waals surface area contributed by atoms with Gasteiger partial charge in [0.05, 0.1) is 23.3 Å². The van der Waals surface area contributed by atoms with Gasteiger partial charge in [0, 0.05) is 31.3 Å². The van der Waals surface area contributed by atoms with Crippen LogP contribution in [0.3, 0.4) is 0 Å². The fourth-order valence-electron chi connectivity index (χ4n) is 3.45. The van der Waals surface area contributed by atoms with E-state index in [0.29, 0.717) is 42.6 Å². The van der Waals surface area contributed by atoms with E-state index in [1.807, 2.05) is 11.0 Å². The molecule has 3 heterocycles. The van der Waals surface area contributed by atoms with Crippen molar-refractivity contribution in [2.75, 3.05) is 24.5 Å². The fraction of sp³-hybridized carbons (Fsp3) is 0.333. The number of anilines is 1. The van der Waals surface area contributed by atoms with Gasteiger partial charge in [-0.25, -0.2) is 18.4 Å². The third kappa shape index (κ3) is 4.67. The summed E-state index contributed by atoms with van der Waals surface area (Å²) in [5, 5.41) is 20.3. The molecule has 9 nitrogen and oxygen atoms in total. The van der Waals surface area contributed by atoms with E-state index < -0.39 is 18.4 Å². The first kappa shape index (κ1) is 21.6. The molecule has 0 radical (unpaired) electrons. The number of rotatable bonds is 7. The first-order valence-electron chi connectivity index (χ1n) is 10.0. The molecule has 1 aliphatic heterocycles. The molecule has 1 aromatic carbocycles. The zero-order valence-electron chi connectivity index (χ0n) is 17.3. The number of ether oxygens (including phenoxy) is 1. The molecule has 168 valence electrons. The number of halogens is 2. The van der Waals surface area contributed by atoms with Gasteiger partial charge in [0.15, 0.2) is 0 Å². The Morgan fingerprint density at radius 3 is 2.66 bits per heavy atom. The van der Waals surface area contributed by atoms with Crippen LogP contribution in [0.4, 0.5) is 14.5 Å². The number of aromatic nitrogens is 4. The Hall–Kier alpha value is -3.60. The third-order valence-electron chi connectivity index (χ3n) is 5.26. The largest absolute Gasteiger partial charge is 0.480 e. The molecular formula is C21H22F2N6O3. The van der Waals surface area contributed by atoms with Crippen molar-refractivity contribution in [3.8, 4) is 11.6 Å². The molecule has 0 unspecified atom stereocenters. The topological polar surface area (TPSA) is 105 Å². The van der Waals surface area contributed by atoms with Gasteiger partial charge in [0.1, 0.15) is 18.3 Å². The van der Waals surface area contributed by atoms with Crippen LogP contribution in [0.5, 0.6) is 5.88 Å². The summed E-state index contributed by atoms with van der Waals surface area (Å²) in [6.07, 6.45) is -0.889. The number of carboxylic acid groups (broad SMARTS) is 1. The minimum atomic E-state index is -2.53. The van der Waals surface area contributed by atoms with Gasteiger partial charge in [-0.3, -0.25) is 4.79 Å². The minimum absolute atomic E-state index is 0.0631. The Morgan fingerprint density at radius 1 is 1.25 bits per heavy atom. The van der Waals surface area contributed by atoms with Crippen LogP contribution in [-0.2, 0) is 11.4 Å². The Bertz CT molecular complexity index is 1070. The average molecular weight is 444 g/mol. The molecule has 0 amide bonds. The van der Waals surface area contributed by atoms with Crippen LogP contribution < -0.4 is 15.0 Å². The summed E-state index contributed by atoms with van der Waals surface area (Å²) in [5.74, 6) is -0.495. The molecule has 1 aliphatic rings. The molecule has 32 heavy (non-hydrogen) atoms. The van der Waals surface area contributed by atoms with E-state index in [0.717, 1.165) is 5.69 Å². The second-order valence-corrected chi connectivity index (χ2v) is 7.36. The first-order valence-corrected chi connectivity index (χ1v) is 10.0. The number of nitrogens with one attached hydrogen (secondary N) is 1. The van der Waals surface area contributed by atoms with E-state index in [-0.39, 0.29) is 12.2 Å². The predicted molar refractivity (Wildman–Crippen MR) is 111 cm³/mol. The molecule has 1 saturated heterocycles. The number of hydrogen-bond acceptors (Lipinski definition) is 7. The smallest absolute Gasteiger partial charge is 0.322 e. The number of aliphatic carboxylic acids is 1. The highest BCUT2D eigenvalue weighted by Crippen LogP contribution is 2.22. The normalized spacial score (nSPS) is 16.4. The summed E-state index contributed by atoms with van der Waals surface area (Å²) in [7, 11) is 0. The molecule has 0 bridgehead atoms. The minimum Gasteiger partial charge on any atom is -0.480 e. The lowest BCUT2D eigenvalue weighted by atomic mass is 10.2. The Balaban J connectivity index is 1.43. The van der Waals surface area contributed by atoms with Gasteiger partial charge >= 0.3 is 5.97 Å². The van der Waals surface area contributed by atoms with Crippen molar-refractivity contribution in [3.63, 3.8) is 0 Å². The van der Waals surface area contributed by atoms with Crippen LogP contribution in [0.25, 0.3) is 5.69 Å². The molecule has 0 spiro atoms. The fourth-order valence-corrected chi connectivity index (χ4v) is 3.45. The van der Waals surface area contributed by atoms with E-state index in [1.165, 1.54) is 12.1 Å². The number of carboxylic acids is 1. The van der Waals surface area contributed by atoms with Crippen LogP contribution in [0.2, 0.25) is 0 Å². The quantitative estimate of drug-likeness (QED) is 0.572. The van der Waals surface area contributed by atoms with Gasteiger partial charge in [-0.05, 0) is 25.1 Å². The summed E-state index contributed by atoms with van der Waals surface area (Å²) in [6, 6.07) is 8.75. The Morgan fingerprint density at radius 2 is 2.00 bits per heavy atom. The maximum Gasteiger partial charge on any atom is 0.322 e. The van der Waals surface area contributed by atoms with Gasteiger partial charge in [0.2, 0.25) is 5.88 Å². The molecule has 2 N–H and O–H groups in total. The van der Waals surface area contributed by atoms with Gasteiger partial charge < -0.3 is 20.1 Å². The predicted octanol–water partition coefficient (Wildman–Crippen LogP) is 2.35. The number of nitrogens with zero attached hydrogens (tertiary/aromatic N) is 5. The second kappa shape index (κ2) is 9.27. The van der Waals surface area contributed by atoms with Gasteiger partial charge in [-0.2, -0.15) is 0 Å². The van der Waals surface area contributed by atoms with Crippen LogP contribution in [0.15, 0.2) is 42.6 Å². The van der Waals surface area contributed by atoms with E-state index in [9.17, 15) is 18.7 Å². The Kier molecular flexibility index (Phi) is 6.26. The third-order valence-corrected chi connectivity index (χ3v) is 5.26. The summed E-state index contributed by atoms with van der Waals surface area (Å²) in [4.78, 5) is 17.5. The maximum atomic E-state index is 12.8. The number of hydrogen-bond donors (Lipinski definition) is 2. The second-order valence-electron chi connectivity index (χ2n) is 7.36. The lowest BCUT2D eigenvalue weighted by molar-refractivity contribution is -0.139. The summed E-state index contributed by atoms with van der Waals surface area (Å²) < 4.78 is 32.9. The molecule has 11 heteroatoms. The lowest BCUT2D eigenvalue weighted by Crippen LogP contribution is -2.54. The molecule has 0 saturated carbocycles. The van der Waals surface area contributed by atoms with E-state index in [2.05, 4.69) is 20.6 Å². The van der Waals surface area contributed by atoms with Crippen molar-refractivity contribution in [1.29, 1.82) is 0 Å². The Labute approximate surface area is 182 Å². The number of aryl methyl sites for hydroxylation is 1. The van der Waals surface area contributed by atoms with E-state index in [4.69, 9.17) is 4.74 Å². The average Bonchev–Trinajstić information content (AvgIpc) is 3.18. The molecule has 3 aromatic rings. The van der Waals surface area contributed by atoms with Gasteiger partial charge in [-0.15, -0.1) is 5.10 Å². The maximum absolute atomic E-state index is 12.8. The highest BCUT2D eigenvalue weighted by atomic mass is 19.3. The van der Waals surface area contributed by atoms with Gasteiger partial charge in [0.25, 0.3) is 6.43 Å². The summed E-state index contributed by atoms with van der Waals surface area (Å²) >= 11 is 0. The molecular weight excluding hydrogens is 422 g/mol. The van der Waals surface area contributed by atoms with E-state index in [1.54, 1.807) is 36.0 Å². The van der Waals surface area contributed by atoms with Crippen LogP contribution in [-0.4, -0.2) is 56.7 Å².